The molecule has 2 N–H and O–H groups in total. The normalized spacial score (nSPS) is 19.9. The van der Waals surface area contributed by atoms with Crippen molar-refractivity contribution >= 4 is 17.6 Å². The number of hydrogen-bond acceptors (Lipinski definition) is 3. The molecule has 0 spiro atoms. The summed E-state index contributed by atoms with van der Waals surface area (Å²) in [5.74, 6) is 0.519. The van der Waals surface area contributed by atoms with Crippen LogP contribution in [0, 0.1) is 5.92 Å². The number of anilines is 1. The minimum absolute atomic E-state index is 0.0243. The summed E-state index contributed by atoms with van der Waals surface area (Å²) in [6.07, 6.45) is 0.985. The summed E-state index contributed by atoms with van der Waals surface area (Å²) in [6, 6.07) is 1.83. The van der Waals surface area contributed by atoms with Gasteiger partial charge in [-0.3, -0.25) is 14.7 Å². The Balaban J connectivity index is 1.95. The average Bonchev–Trinajstić information content (AvgIpc) is 2.81. The fraction of sp³-hybridized carbons (Fsp3) is 0.615. The molecule has 0 radical (unpaired) electrons. The molecule has 2 rings (SSSR count). The molecule has 1 aliphatic heterocycles. The summed E-state index contributed by atoms with van der Waals surface area (Å²) in [7, 11) is 1.76. The summed E-state index contributed by atoms with van der Waals surface area (Å²) >= 11 is 0. The largest absolute Gasteiger partial charge is 0.346 e. The molecule has 0 aliphatic carbocycles. The molecular formula is C13H20N4O2. The van der Waals surface area contributed by atoms with Crippen molar-refractivity contribution in [2.75, 3.05) is 18.9 Å². The van der Waals surface area contributed by atoms with E-state index in [-0.39, 0.29) is 24.2 Å². The second-order valence-corrected chi connectivity index (χ2v) is 5.36. The number of carbonyl (C=O) groups excluding carboxylic acids is 2. The topological polar surface area (TPSA) is 78.1 Å². The first kappa shape index (κ1) is 13.6. The molecule has 1 aliphatic rings. The Bertz CT molecular complexity index is 481. The van der Waals surface area contributed by atoms with Crippen LogP contribution in [0.25, 0.3) is 0 Å². The number of H-pyrrole nitrogens is 1. The highest BCUT2D eigenvalue weighted by atomic mass is 16.2. The van der Waals surface area contributed by atoms with Crippen molar-refractivity contribution < 1.29 is 9.59 Å². The molecule has 0 bridgehead atoms. The third-order valence-corrected chi connectivity index (χ3v) is 3.50. The van der Waals surface area contributed by atoms with Crippen LogP contribution in [0.3, 0.4) is 0 Å². The third kappa shape index (κ3) is 3.13. The van der Waals surface area contributed by atoms with Gasteiger partial charge in [-0.2, -0.15) is 5.10 Å². The molecule has 0 aromatic carbocycles. The molecule has 2 amide bonds. The van der Waals surface area contributed by atoms with Gasteiger partial charge in [-0.25, -0.2) is 0 Å². The van der Waals surface area contributed by atoms with Gasteiger partial charge in [-0.15, -0.1) is 0 Å². The number of hydrogen-bond donors (Lipinski definition) is 2. The van der Waals surface area contributed by atoms with E-state index >= 15 is 0 Å². The van der Waals surface area contributed by atoms with Gasteiger partial charge >= 0.3 is 0 Å². The summed E-state index contributed by atoms with van der Waals surface area (Å²) in [5.41, 5.74) is 0.981. The summed E-state index contributed by atoms with van der Waals surface area (Å²) in [4.78, 5) is 25.3. The highest BCUT2D eigenvalue weighted by Gasteiger charge is 2.28. The van der Waals surface area contributed by atoms with Gasteiger partial charge in [0.25, 0.3) is 0 Å². The maximum Gasteiger partial charge on any atom is 0.229 e. The van der Waals surface area contributed by atoms with Gasteiger partial charge in [0.05, 0.1) is 0 Å². The van der Waals surface area contributed by atoms with E-state index in [4.69, 9.17) is 0 Å². The van der Waals surface area contributed by atoms with Crippen molar-refractivity contribution in [1.29, 1.82) is 0 Å². The molecule has 0 saturated carbocycles. The molecule has 1 aromatic rings. The van der Waals surface area contributed by atoms with Crippen LogP contribution in [0.4, 0.5) is 5.82 Å². The van der Waals surface area contributed by atoms with Gasteiger partial charge in [-0.1, -0.05) is 13.8 Å². The fourth-order valence-electron chi connectivity index (χ4n) is 2.09. The summed E-state index contributed by atoms with van der Waals surface area (Å²) in [5, 5.41) is 9.71. The van der Waals surface area contributed by atoms with Crippen LogP contribution in [0.1, 0.15) is 38.3 Å². The van der Waals surface area contributed by atoms with Crippen LogP contribution in [0.15, 0.2) is 6.07 Å². The lowest BCUT2D eigenvalue weighted by atomic mass is 9.96. The zero-order valence-electron chi connectivity index (χ0n) is 11.6. The SMILES string of the molecule is CC(C)c1cc(NC(=O)[C@H]2CCN(C)C(=O)C2)n[nH]1. The number of rotatable bonds is 3. The van der Waals surface area contributed by atoms with Crippen LogP contribution in [-0.2, 0) is 9.59 Å². The maximum absolute atomic E-state index is 12.1. The lowest BCUT2D eigenvalue weighted by Crippen LogP contribution is -2.39. The van der Waals surface area contributed by atoms with E-state index in [9.17, 15) is 9.59 Å². The molecule has 19 heavy (non-hydrogen) atoms. The van der Waals surface area contributed by atoms with Crippen LogP contribution >= 0.6 is 0 Å². The van der Waals surface area contributed by atoms with E-state index in [1.807, 2.05) is 6.07 Å². The number of nitrogens with one attached hydrogen (secondary N) is 2. The molecule has 104 valence electrons. The Hall–Kier alpha value is -1.85. The lowest BCUT2D eigenvalue weighted by Gasteiger charge is -2.27. The van der Waals surface area contributed by atoms with Gasteiger partial charge in [0.2, 0.25) is 11.8 Å². The number of nitrogens with zero attached hydrogens (tertiary/aromatic N) is 2. The number of piperidine rings is 1. The van der Waals surface area contributed by atoms with Crippen molar-refractivity contribution in [3.05, 3.63) is 11.8 Å². The van der Waals surface area contributed by atoms with E-state index in [0.29, 0.717) is 24.7 Å². The number of amides is 2. The Morgan fingerprint density at radius 1 is 1.58 bits per heavy atom. The molecule has 2 heterocycles. The predicted molar refractivity (Wildman–Crippen MR) is 71.7 cm³/mol. The zero-order valence-corrected chi connectivity index (χ0v) is 11.6. The smallest absolute Gasteiger partial charge is 0.229 e. The molecule has 6 nitrogen and oxygen atoms in total. The maximum atomic E-state index is 12.1. The fourth-order valence-corrected chi connectivity index (χ4v) is 2.09. The second-order valence-electron chi connectivity index (χ2n) is 5.36. The van der Waals surface area contributed by atoms with Crippen LogP contribution in [0.5, 0.6) is 0 Å². The lowest BCUT2D eigenvalue weighted by molar-refractivity contribution is -0.137. The second kappa shape index (κ2) is 5.42. The molecule has 1 atom stereocenters. The molecule has 6 heteroatoms. The Kier molecular flexibility index (Phi) is 3.87. The number of carbonyl (C=O) groups is 2. The Morgan fingerprint density at radius 3 is 2.89 bits per heavy atom. The van der Waals surface area contributed by atoms with Crippen LogP contribution in [0.2, 0.25) is 0 Å². The molecular weight excluding hydrogens is 244 g/mol. The van der Waals surface area contributed by atoms with E-state index in [1.165, 1.54) is 0 Å². The highest BCUT2D eigenvalue weighted by molar-refractivity contribution is 5.95. The quantitative estimate of drug-likeness (QED) is 0.864. The van der Waals surface area contributed by atoms with Crippen molar-refractivity contribution in [2.45, 2.75) is 32.6 Å². The average molecular weight is 264 g/mol. The molecule has 1 fully saturated rings. The highest BCUT2D eigenvalue weighted by Crippen LogP contribution is 2.20. The predicted octanol–water partition coefficient (Wildman–Crippen LogP) is 1.34. The van der Waals surface area contributed by atoms with Gasteiger partial charge in [0, 0.05) is 37.7 Å². The van der Waals surface area contributed by atoms with Crippen molar-refractivity contribution in [2.24, 2.45) is 5.92 Å². The van der Waals surface area contributed by atoms with Gasteiger partial charge in [0.1, 0.15) is 0 Å². The molecule has 1 aromatic heterocycles. The number of aromatic amines is 1. The van der Waals surface area contributed by atoms with E-state index < -0.39 is 0 Å². The first-order valence-corrected chi connectivity index (χ1v) is 6.57. The van der Waals surface area contributed by atoms with E-state index in [2.05, 4.69) is 29.4 Å². The van der Waals surface area contributed by atoms with Gasteiger partial charge in [-0.05, 0) is 12.3 Å². The van der Waals surface area contributed by atoms with E-state index in [1.54, 1.807) is 11.9 Å². The van der Waals surface area contributed by atoms with E-state index in [0.717, 1.165) is 5.69 Å². The zero-order chi connectivity index (χ0) is 14.0. The van der Waals surface area contributed by atoms with Crippen molar-refractivity contribution in [3.63, 3.8) is 0 Å². The molecule has 1 saturated heterocycles. The standard InChI is InChI=1S/C13H20N4O2/c1-8(2)10-7-11(16-15-10)14-13(19)9-4-5-17(3)12(18)6-9/h7-9H,4-6H2,1-3H3,(H2,14,15,16,19)/t9-/m0/s1. The summed E-state index contributed by atoms with van der Waals surface area (Å²) in [6.45, 7) is 4.73. The van der Waals surface area contributed by atoms with Gasteiger partial charge < -0.3 is 10.2 Å². The molecule has 0 unspecified atom stereocenters. The van der Waals surface area contributed by atoms with Crippen molar-refractivity contribution in [3.8, 4) is 0 Å². The summed E-state index contributed by atoms with van der Waals surface area (Å²) < 4.78 is 0. The third-order valence-electron chi connectivity index (χ3n) is 3.50. The monoisotopic (exact) mass is 264 g/mol. The first-order valence-electron chi connectivity index (χ1n) is 6.57. The van der Waals surface area contributed by atoms with Gasteiger partial charge in [0.15, 0.2) is 5.82 Å². The minimum Gasteiger partial charge on any atom is -0.346 e. The number of aromatic nitrogens is 2. The van der Waals surface area contributed by atoms with Crippen molar-refractivity contribution in [1.82, 2.24) is 15.1 Å². The Morgan fingerprint density at radius 2 is 2.32 bits per heavy atom. The minimum atomic E-state index is -0.247. The number of likely N-dealkylation sites (tertiary alicyclic amines) is 1. The van der Waals surface area contributed by atoms with Crippen LogP contribution in [-0.4, -0.2) is 40.5 Å². The Labute approximate surface area is 112 Å². The first-order chi connectivity index (χ1) is 8.97. The van der Waals surface area contributed by atoms with Crippen LogP contribution < -0.4 is 5.32 Å².